The van der Waals surface area contributed by atoms with Crippen molar-refractivity contribution < 1.29 is 14.5 Å². The third-order valence-corrected chi connectivity index (χ3v) is 2.76. The predicted molar refractivity (Wildman–Crippen MR) is 75.9 cm³/mol. The van der Waals surface area contributed by atoms with E-state index in [-0.39, 0.29) is 18.1 Å². The van der Waals surface area contributed by atoms with E-state index in [0.717, 1.165) is 0 Å². The van der Waals surface area contributed by atoms with Crippen LogP contribution in [-0.2, 0) is 9.53 Å². The smallest absolute Gasteiger partial charge is 0.307 e. The van der Waals surface area contributed by atoms with Gasteiger partial charge in [0.25, 0.3) is 5.69 Å². The Bertz CT molecular complexity index is 674. The summed E-state index contributed by atoms with van der Waals surface area (Å²) in [7, 11) is 0. The van der Waals surface area contributed by atoms with Crippen molar-refractivity contribution in [2.24, 2.45) is 0 Å². The van der Waals surface area contributed by atoms with Crippen LogP contribution in [0.4, 0.5) is 11.5 Å². The Morgan fingerprint density at radius 3 is 2.95 bits per heavy atom. The molecule has 0 aliphatic rings. The van der Waals surface area contributed by atoms with Crippen LogP contribution in [0.25, 0.3) is 10.9 Å². The summed E-state index contributed by atoms with van der Waals surface area (Å²) in [5.74, 6) is 0.141. The summed E-state index contributed by atoms with van der Waals surface area (Å²) < 4.78 is 4.82. The molecule has 1 N–H and O–H groups in total. The monoisotopic (exact) mass is 290 g/mol. The second-order valence-corrected chi connectivity index (χ2v) is 4.16. The fourth-order valence-electron chi connectivity index (χ4n) is 1.82. The number of anilines is 1. The van der Waals surface area contributed by atoms with E-state index < -0.39 is 4.92 Å². The van der Waals surface area contributed by atoms with Gasteiger partial charge in [-0.25, -0.2) is 9.97 Å². The van der Waals surface area contributed by atoms with E-state index in [1.165, 1.54) is 18.5 Å². The van der Waals surface area contributed by atoms with Crippen molar-refractivity contribution in [3.63, 3.8) is 0 Å². The fourth-order valence-corrected chi connectivity index (χ4v) is 1.82. The molecule has 0 saturated carbocycles. The largest absolute Gasteiger partial charge is 0.466 e. The minimum Gasteiger partial charge on any atom is -0.466 e. The van der Waals surface area contributed by atoms with Crippen LogP contribution < -0.4 is 5.32 Å². The molecule has 0 amide bonds. The highest BCUT2D eigenvalue weighted by Gasteiger charge is 2.11. The lowest BCUT2D eigenvalue weighted by molar-refractivity contribution is -0.384. The van der Waals surface area contributed by atoms with E-state index in [9.17, 15) is 14.9 Å². The van der Waals surface area contributed by atoms with Gasteiger partial charge in [-0.2, -0.15) is 0 Å². The summed E-state index contributed by atoms with van der Waals surface area (Å²) >= 11 is 0. The van der Waals surface area contributed by atoms with Crippen LogP contribution in [0.15, 0.2) is 24.5 Å². The van der Waals surface area contributed by atoms with Crippen LogP contribution in [0, 0.1) is 10.1 Å². The first-order chi connectivity index (χ1) is 10.1. The Balaban J connectivity index is 2.17. The molecule has 21 heavy (non-hydrogen) atoms. The van der Waals surface area contributed by atoms with Crippen LogP contribution in [-0.4, -0.2) is 34.0 Å². The van der Waals surface area contributed by atoms with E-state index in [1.54, 1.807) is 13.0 Å². The Labute approximate surface area is 120 Å². The van der Waals surface area contributed by atoms with E-state index in [1.807, 2.05) is 0 Å². The third kappa shape index (κ3) is 3.62. The minimum absolute atomic E-state index is 0.0363. The highest BCUT2D eigenvalue weighted by molar-refractivity contribution is 5.90. The fraction of sp³-hybridized carbons (Fsp3) is 0.308. The van der Waals surface area contributed by atoms with Crippen LogP contribution in [0.1, 0.15) is 13.3 Å². The highest BCUT2D eigenvalue weighted by Crippen LogP contribution is 2.24. The lowest BCUT2D eigenvalue weighted by Gasteiger charge is -2.07. The van der Waals surface area contributed by atoms with Gasteiger partial charge >= 0.3 is 5.97 Å². The summed E-state index contributed by atoms with van der Waals surface area (Å²) in [5, 5.41) is 14.3. The zero-order chi connectivity index (χ0) is 15.2. The summed E-state index contributed by atoms with van der Waals surface area (Å²) in [4.78, 5) is 29.7. The molecule has 1 aromatic heterocycles. The van der Waals surface area contributed by atoms with Crippen molar-refractivity contribution >= 4 is 28.4 Å². The Kier molecular flexibility index (Phi) is 4.60. The molecular weight excluding hydrogens is 276 g/mol. The molecule has 0 unspecified atom stereocenters. The molecule has 0 aliphatic carbocycles. The minimum atomic E-state index is -0.477. The molecule has 0 fully saturated rings. The number of aromatic nitrogens is 2. The van der Waals surface area contributed by atoms with Crippen molar-refractivity contribution in [2.45, 2.75) is 13.3 Å². The number of ether oxygens (including phenoxy) is 1. The molecule has 8 nitrogen and oxygen atoms in total. The second kappa shape index (κ2) is 6.60. The third-order valence-electron chi connectivity index (χ3n) is 2.76. The number of nitro groups is 1. The molecule has 0 radical (unpaired) electrons. The molecule has 0 saturated heterocycles. The zero-order valence-electron chi connectivity index (χ0n) is 11.4. The molecule has 0 spiro atoms. The van der Waals surface area contributed by atoms with E-state index in [2.05, 4.69) is 15.3 Å². The van der Waals surface area contributed by atoms with Gasteiger partial charge in [0.15, 0.2) is 0 Å². The van der Waals surface area contributed by atoms with Gasteiger partial charge < -0.3 is 10.1 Å². The van der Waals surface area contributed by atoms with Gasteiger partial charge in [-0.3, -0.25) is 14.9 Å². The maximum Gasteiger partial charge on any atom is 0.307 e. The molecule has 110 valence electrons. The number of nitro benzene ring substituents is 1. The number of rotatable bonds is 6. The molecule has 1 heterocycles. The summed E-state index contributed by atoms with van der Waals surface area (Å²) in [6.07, 6.45) is 1.55. The Morgan fingerprint density at radius 2 is 2.24 bits per heavy atom. The summed E-state index contributed by atoms with van der Waals surface area (Å²) in [5.41, 5.74) is 0.556. The maximum absolute atomic E-state index is 11.3. The van der Waals surface area contributed by atoms with Crippen LogP contribution in [0.5, 0.6) is 0 Å². The lowest BCUT2D eigenvalue weighted by atomic mass is 10.2. The SMILES string of the molecule is CCOC(=O)CCNc1ncnc2ccc([N+](=O)[O-])cc12. The average Bonchev–Trinajstić information content (AvgIpc) is 2.47. The van der Waals surface area contributed by atoms with Gasteiger partial charge in [-0.05, 0) is 13.0 Å². The van der Waals surface area contributed by atoms with Crippen molar-refractivity contribution in [3.8, 4) is 0 Å². The number of hydrogen-bond acceptors (Lipinski definition) is 7. The van der Waals surface area contributed by atoms with Gasteiger partial charge in [0.1, 0.15) is 12.1 Å². The van der Waals surface area contributed by atoms with E-state index in [0.29, 0.717) is 29.9 Å². The quantitative estimate of drug-likeness (QED) is 0.491. The van der Waals surface area contributed by atoms with Gasteiger partial charge in [0.2, 0.25) is 0 Å². The number of nitrogens with one attached hydrogen (secondary N) is 1. The zero-order valence-corrected chi connectivity index (χ0v) is 11.4. The first kappa shape index (κ1) is 14.6. The molecule has 2 aromatic rings. The average molecular weight is 290 g/mol. The van der Waals surface area contributed by atoms with Crippen LogP contribution in [0.3, 0.4) is 0 Å². The number of non-ortho nitro benzene ring substituents is 1. The molecule has 8 heteroatoms. The number of nitrogens with zero attached hydrogens (tertiary/aromatic N) is 3. The summed E-state index contributed by atoms with van der Waals surface area (Å²) in [6, 6.07) is 4.35. The molecule has 0 bridgehead atoms. The number of fused-ring (bicyclic) bond motifs is 1. The van der Waals surface area contributed by atoms with Crippen LogP contribution >= 0.6 is 0 Å². The van der Waals surface area contributed by atoms with Gasteiger partial charge in [0, 0.05) is 24.1 Å². The van der Waals surface area contributed by atoms with Gasteiger partial charge in [-0.15, -0.1) is 0 Å². The highest BCUT2D eigenvalue weighted by atomic mass is 16.6. The first-order valence-electron chi connectivity index (χ1n) is 6.40. The number of esters is 1. The van der Waals surface area contributed by atoms with Crippen molar-refractivity contribution in [3.05, 3.63) is 34.6 Å². The van der Waals surface area contributed by atoms with Gasteiger partial charge in [0.05, 0.1) is 23.5 Å². The van der Waals surface area contributed by atoms with Crippen molar-refractivity contribution in [2.75, 3.05) is 18.5 Å². The molecule has 2 rings (SSSR count). The van der Waals surface area contributed by atoms with Gasteiger partial charge in [-0.1, -0.05) is 0 Å². The van der Waals surface area contributed by atoms with Crippen molar-refractivity contribution in [1.82, 2.24) is 9.97 Å². The standard InChI is InChI=1S/C13H14N4O4/c1-2-21-12(18)5-6-14-13-10-7-9(17(19)20)3-4-11(10)15-8-16-13/h3-4,7-8H,2,5-6H2,1H3,(H,14,15,16). The summed E-state index contributed by atoms with van der Waals surface area (Å²) in [6.45, 7) is 2.40. The number of carbonyl (C=O) groups is 1. The van der Waals surface area contributed by atoms with E-state index >= 15 is 0 Å². The lowest BCUT2D eigenvalue weighted by Crippen LogP contribution is -2.12. The van der Waals surface area contributed by atoms with E-state index in [4.69, 9.17) is 4.74 Å². The molecular formula is C13H14N4O4. The Morgan fingerprint density at radius 1 is 1.43 bits per heavy atom. The predicted octanol–water partition coefficient (Wildman–Crippen LogP) is 1.90. The first-order valence-corrected chi connectivity index (χ1v) is 6.40. The molecule has 1 aromatic carbocycles. The number of hydrogen-bond donors (Lipinski definition) is 1. The molecule has 0 atom stereocenters. The number of benzene rings is 1. The Hall–Kier alpha value is -2.77. The number of carbonyl (C=O) groups excluding carboxylic acids is 1. The second-order valence-electron chi connectivity index (χ2n) is 4.16. The van der Waals surface area contributed by atoms with Crippen LogP contribution in [0.2, 0.25) is 0 Å². The topological polar surface area (TPSA) is 107 Å². The normalized spacial score (nSPS) is 10.3. The maximum atomic E-state index is 11.3. The van der Waals surface area contributed by atoms with Crippen molar-refractivity contribution in [1.29, 1.82) is 0 Å². The molecule has 0 aliphatic heterocycles.